The molecule has 0 radical (unpaired) electrons. The molecule has 8 rings (SSSR count). The van der Waals surface area contributed by atoms with Gasteiger partial charge >= 0.3 is 5.97 Å². The first-order valence-electron chi connectivity index (χ1n) is 17.8. The summed E-state index contributed by atoms with van der Waals surface area (Å²) in [5, 5.41) is 2.11. The molecule has 4 aliphatic heterocycles. The van der Waals surface area contributed by atoms with Crippen molar-refractivity contribution in [3.63, 3.8) is 0 Å². The van der Waals surface area contributed by atoms with Gasteiger partial charge in [0.25, 0.3) is 0 Å². The van der Waals surface area contributed by atoms with E-state index in [1.165, 1.54) is 37.5 Å². The van der Waals surface area contributed by atoms with Gasteiger partial charge in [0.15, 0.2) is 11.5 Å². The zero-order valence-electron chi connectivity index (χ0n) is 27.8. The molecular weight excluding hydrogens is 584 g/mol. The van der Waals surface area contributed by atoms with E-state index in [2.05, 4.69) is 57.3 Å². The Morgan fingerprint density at radius 3 is 2.60 bits per heavy atom. The quantitative estimate of drug-likeness (QED) is 0.181. The maximum atomic E-state index is 14.1. The van der Waals surface area contributed by atoms with Crippen LogP contribution < -0.4 is 4.74 Å². The molecule has 2 aromatic heterocycles. The second-order valence-corrected chi connectivity index (χ2v) is 14.3. The zero-order chi connectivity index (χ0) is 32.1. The smallest absolute Gasteiger partial charge is 0.308 e. The van der Waals surface area contributed by atoms with Gasteiger partial charge in [0.1, 0.15) is 0 Å². The number of allylic oxidation sites excluding steroid dienone is 5. The highest BCUT2D eigenvalue weighted by molar-refractivity contribution is 6.10. The summed E-state index contributed by atoms with van der Waals surface area (Å²) in [6.45, 7) is 7.26. The highest BCUT2D eigenvalue weighted by Crippen LogP contribution is 2.62. The van der Waals surface area contributed by atoms with Gasteiger partial charge in [-0.1, -0.05) is 36.4 Å². The van der Waals surface area contributed by atoms with Crippen molar-refractivity contribution in [1.29, 1.82) is 0 Å². The Hall–Kier alpha value is -3.97. The van der Waals surface area contributed by atoms with E-state index >= 15 is 0 Å². The Morgan fingerprint density at radius 2 is 1.74 bits per heavy atom. The number of H-pyrrole nitrogens is 1. The molecule has 1 spiro atoms. The van der Waals surface area contributed by atoms with E-state index in [0.717, 1.165) is 97.8 Å². The fourth-order valence-electron chi connectivity index (χ4n) is 9.88. The minimum Gasteiger partial charge on any atom is -0.424 e. The van der Waals surface area contributed by atoms with Crippen LogP contribution in [-0.4, -0.2) is 63.7 Å². The molecule has 5 atom stereocenters. The molecule has 1 unspecified atom stereocenters. The number of rotatable bonds is 3. The Morgan fingerprint density at radius 1 is 0.936 bits per heavy atom. The summed E-state index contributed by atoms with van der Waals surface area (Å²) in [5.74, 6) is 0.677. The van der Waals surface area contributed by atoms with E-state index in [-0.39, 0.29) is 35.0 Å². The largest absolute Gasteiger partial charge is 0.424 e. The molecule has 1 N–H and O–H groups in total. The number of ketones is 1. The summed E-state index contributed by atoms with van der Waals surface area (Å²) in [6.07, 6.45) is 23.8. The molecule has 7 heteroatoms. The minimum atomic E-state index is -0.338. The number of pyridine rings is 1. The number of hydrogen-bond donors (Lipinski definition) is 1. The van der Waals surface area contributed by atoms with Crippen molar-refractivity contribution >= 4 is 33.6 Å². The Balaban J connectivity index is 1.37. The monoisotopic (exact) mass is 630 g/mol. The van der Waals surface area contributed by atoms with Gasteiger partial charge in [-0.05, 0) is 108 Å². The number of esters is 1. The average Bonchev–Trinajstić information content (AvgIpc) is 3.54. The first kappa shape index (κ1) is 30.4. The molecule has 244 valence electrons. The third-order valence-corrected chi connectivity index (χ3v) is 11.5. The van der Waals surface area contributed by atoms with E-state index in [9.17, 15) is 9.59 Å². The summed E-state index contributed by atoms with van der Waals surface area (Å²) in [5.41, 5.74) is 6.21. The fourth-order valence-corrected chi connectivity index (χ4v) is 9.88. The van der Waals surface area contributed by atoms with E-state index in [1.54, 1.807) is 0 Å². The molecule has 3 aromatic rings. The van der Waals surface area contributed by atoms with Crippen LogP contribution in [0.4, 0.5) is 0 Å². The van der Waals surface area contributed by atoms with Crippen LogP contribution in [0.1, 0.15) is 83.2 Å². The van der Waals surface area contributed by atoms with Crippen LogP contribution in [0.2, 0.25) is 0 Å². The van der Waals surface area contributed by atoms with Crippen LogP contribution in [0.5, 0.6) is 5.75 Å². The van der Waals surface area contributed by atoms with Crippen molar-refractivity contribution < 1.29 is 14.3 Å². The molecule has 5 aliphatic rings. The molecule has 1 aromatic carbocycles. The Labute approximate surface area is 277 Å². The highest BCUT2D eigenvalue weighted by atomic mass is 16.5. The lowest BCUT2D eigenvalue weighted by Gasteiger charge is -2.56. The topological polar surface area (TPSA) is 78.5 Å². The molecule has 6 heterocycles. The number of para-hydroxylation sites is 1. The highest BCUT2D eigenvalue weighted by Gasteiger charge is 2.63. The van der Waals surface area contributed by atoms with Crippen molar-refractivity contribution in [2.75, 3.05) is 26.2 Å². The predicted octanol–water partition coefficient (Wildman–Crippen LogP) is 7.76. The standard InChI is InChI=1S/C40H46N4O3/c1-26(45)35-33-16-10-6-8-12-22-44(33)39-28-14-9-5-3-4-7-11-21-43-23-19-32(40(35,39)25-43)31(24-28)37-38-30(18-20-41-37)29-15-13-17-34(36(29)42-38)47-27(2)46/h3,5,10,13,15-18,20,24,31-32,39,42H,4,6-9,11-12,14,19,21-23,25H2,1-2H3/b5-3-,16-10-/t31-,32-,39-,40-/m1/s1. The lowest BCUT2D eigenvalue weighted by molar-refractivity contribution is -0.131. The molecule has 7 nitrogen and oxygen atoms in total. The van der Waals surface area contributed by atoms with Crippen molar-refractivity contribution in [3.8, 4) is 5.75 Å². The van der Waals surface area contributed by atoms with Gasteiger partial charge in [-0.3, -0.25) is 14.6 Å². The van der Waals surface area contributed by atoms with E-state index in [1.807, 2.05) is 25.3 Å². The summed E-state index contributed by atoms with van der Waals surface area (Å²) in [4.78, 5) is 40.3. The second-order valence-electron chi connectivity index (χ2n) is 14.3. The number of Topliss-reactive ketones (excluding diaryl/α,β-unsaturated/α-hetero) is 1. The number of aromatic amines is 1. The number of ether oxygens (including phenoxy) is 1. The van der Waals surface area contributed by atoms with Crippen LogP contribution in [0.15, 0.2) is 77.7 Å². The van der Waals surface area contributed by atoms with E-state index in [0.29, 0.717) is 5.75 Å². The van der Waals surface area contributed by atoms with E-state index in [4.69, 9.17) is 9.72 Å². The lowest BCUT2D eigenvalue weighted by atomic mass is 9.53. The molecule has 0 saturated carbocycles. The van der Waals surface area contributed by atoms with Crippen molar-refractivity contribution in [2.24, 2.45) is 11.3 Å². The Kier molecular flexibility index (Phi) is 7.91. The van der Waals surface area contributed by atoms with Gasteiger partial charge in [0, 0.05) is 59.6 Å². The molecule has 47 heavy (non-hydrogen) atoms. The molecule has 1 saturated heterocycles. The molecule has 1 fully saturated rings. The van der Waals surface area contributed by atoms with Gasteiger partial charge in [0.05, 0.1) is 22.8 Å². The average molecular weight is 631 g/mol. The fraction of sp³-hybridized carbons (Fsp3) is 0.475. The normalized spacial score (nSPS) is 30.7. The van der Waals surface area contributed by atoms with Gasteiger partial charge < -0.3 is 19.5 Å². The zero-order valence-corrected chi connectivity index (χ0v) is 27.8. The van der Waals surface area contributed by atoms with E-state index < -0.39 is 0 Å². The third kappa shape index (κ3) is 5.00. The number of nitrogens with zero attached hydrogens (tertiary/aromatic N) is 3. The minimum absolute atomic E-state index is 0.0381. The van der Waals surface area contributed by atoms with Gasteiger partial charge in [-0.25, -0.2) is 0 Å². The van der Waals surface area contributed by atoms with Crippen LogP contribution in [-0.2, 0) is 9.59 Å². The maximum absolute atomic E-state index is 14.1. The predicted molar refractivity (Wildman–Crippen MR) is 186 cm³/mol. The summed E-state index contributed by atoms with van der Waals surface area (Å²) < 4.78 is 5.64. The summed E-state index contributed by atoms with van der Waals surface area (Å²) in [6, 6.07) is 8.12. The number of fused-ring (bicyclic) bond motifs is 5. The summed E-state index contributed by atoms with van der Waals surface area (Å²) in [7, 11) is 0. The summed E-state index contributed by atoms with van der Waals surface area (Å²) >= 11 is 0. The molecule has 3 bridgehead atoms. The van der Waals surface area contributed by atoms with Crippen LogP contribution >= 0.6 is 0 Å². The lowest BCUT2D eigenvalue weighted by Crippen LogP contribution is -2.61. The Bertz CT molecular complexity index is 1860. The number of nitrogens with one attached hydrogen (secondary N) is 1. The first-order valence-corrected chi connectivity index (χ1v) is 17.8. The number of carbonyl (C=O) groups is 2. The van der Waals surface area contributed by atoms with Crippen LogP contribution in [0.25, 0.3) is 21.8 Å². The van der Waals surface area contributed by atoms with Crippen molar-refractivity contribution in [1.82, 2.24) is 19.8 Å². The first-order chi connectivity index (χ1) is 23.0. The maximum Gasteiger partial charge on any atom is 0.308 e. The number of hydrogen-bond acceptors (Lipinski definition) is 6. The number of piperidine rings is 1. The van der Waals surface area contributed by atoms with Crippen LogP contribution in [0.3, 0.4) is 0 Å². The second kappa shape index (κ2) is 12.2. The number of benzene rings is 1. The van der Waals surface area contributed by atoms with Gasteiger partial charge in [-0.2, -0.15) is 0 Å². The van der Waals surface area contributed by atoms with Crippen molar-refractivity contribution in [2.45, 2.75) is 83.6 Å². The third-order valence-electron chi connectivity index (χ3n) is 11.5. The molecular formula is C40H46N4O3. The van der Waals surface area contributed by atoms with Gasteiger partial charge in [-0.15, -0.1) is 0 Å². The van der Waals surface area contributed by atoms with Crippen LogP contribution in [0, 0.1) is 11.3 Å². The molecule has 1 aliphatic carbocycles. The molecule has 0 amide bonds. The SMILES string of the molecule is CC(=O)Oc1cccc2c1[nH]c1c([C@@H]3C=C4CC/C=C\CCCCN5CC[C@H]3[C@]3(C5)C(C(C)=O)=C5/C=C\CCCCN5[C@H]43)nccc12. The number of aromatic nitrogens is 2. The van der Waals surface area contributed by atoms with Gasteiger partial charge in [0.2, 0.25) is 0 Å². The van der Waals surface area contributed by atoms with Crippen molar-refractivity contribution in [3.05, 3.63) is 83.4 Å². The number of carbonyl (C=O) groups excluding carboxylic acids is 2.